The molecule has 0 aliphatic heterocycles. The first-order chi connectivity index (χ1) is 9.16. The largest absolute Gasteiger partial charge is 0.487 e. The number of ether oxygens (including phenoxy) is 2. The van der Waals surface area contributed by atoms with Crippen LogP contribution in [0, 0.1) is 6.92 Å². The Kier molecular flexibility index (Phi) is 4.45. The highest BCUT2D eigenvalue weighted by molar-refractivity contribution is 5.48. The first kappa shape index (κ1) is 13.5. The fourth-order valence-corrected chi connectivity index (χ4v) is 1.78. The lowest BCUT2D eigenvalue weighted by atomic mass is 10.2. The van der Waals surface area contributed by atoms with E-state index in [9.17, 15) is 0 Å². The molecule has 0 unspecified atom stereocenters. The highest BCUT2D eigenvalue weighted by Crippen LogP contribution is 2.32. The van der Waals surface area contributed by atoms with Gasteiger partial charge in [-0.2, -0.15) is 0 Å². The molecule has 0 N–H and O–H groups in total. The second-order valence-corrected chi connectivity index (χ2v) is 4.69. The van der Waals surface area contributed by atoms with E-state index in [2.05, 4.69) is 6.92 Å². The molecule has 2 aromatic rings. The van der Waals surface area contributed by atoms with Crippen molar-refractivity contribution in [2.24, 2.45) is 0 Å². The monoisotopic (exact) mass is 255 g/mol. The molecule has 0 amide bonds. The number of hydrogen-bond acceptors (Lipinski definition) is 2. The third-order valence-electron chi connectivity index (χ3n) is 2.65. The van der Waals surface area contributed by atoms with Crippen molar-refractivity contribution in [3.05, 3.63) is 66.6 Å². The molecule has 0 spiro atoms. The van der Waals surface area contributed by atoms with E-state index in [-0.39, 0.29) is 6.10 Å². The van der Waals surface area contributed by atoms with E-state index in [0.717, 1.165) is 22.6 Å². The van der Waals surface area contributed by atoms with Gasteiger partial charge in [-0.15, -0.1) is 0 Å². The quantitative estimate of drug-likeness (QED) is 0.795. The Morgan fingerprint density at radius 2 is 1.74 bits per heavy atom. The molecule has 0 aromatic heterocycles. The van der Waals surface area contributed by atoms with Crippen LogP contribution >= 0.6 is 0 Å². The molecule has 0 fully saturated rings. The van der Waals surface area contributed by atoms with Gasteiger partial charge in [-0.3, -0.25) is 0 Å². The van der Waals surface area contributed by atoms with E-state index in [1.807, 2.05) is 62.4 Å². The van der Waals surface area contributed by atoms with Crippen molar-refractivity contribution in [1.29, 1.82) is 0 Å². The highest BCUT2D eigenvalue weighted by atomic mass is 16.5. The van der Waals surface area contributed by atoms with E-state index >= 15 is 0 Å². The van der Waals surface area contributed by atoms with Crippen molar-refractivity contribution >= 4 is 0 Å². The Hall–Kier alpha value is -1.96. The Bertz CT molecular complexity index is 518. The lowest BCUT2D eigenvalue weighted by Gasteiger charge is -2.17. The molecule has 99 valence electrons. The summed E-state index contributed by atoms with van der Waals surface area (Å²) in [5.41, 5.74) is 1.98. The van der Waals surface area contributed by atoms with Crippen LogP contribution in [0.15, 0.2) is 48.5 Å². The Morgan fingerprint density at radius 1 is 1.00 bits per heavy atom. The molecule has 2 aromatic carbocycles. The summed E-state index contributed by atoms with van der Waals surface area (Å²) >= 11 is 0. The fraction of sp³-hybridized carbons (Fsp3) is 0.235. The molecular weight excluding hydrogens is 236 g/mol. The van der Waals surface area contributed by atoms with Crippen molar-refractivity contribution in [3.63, 3.8) is 0 Å². The smallest absolute Gasteiger partial charge is 0.164 e. The van der Waals surface area contributed by atoms with Crippen LogP contribution in [0.5, 0.6) is 11.5 Å². The van der Waals surface area contributed by atoms with Gasteiger partial charge in [0, 0.05) is 0 Å². The second-order valence-electron chi connectivity index (χ2n) is 4.69. The van der Waals surface area contributed by atoms with Crippen LogP contribution in [0.4, 0.5) is 0 Å². The van der Waals surface area contributed by atoms with Gasteiger partial charge in [0.05, 0.1) is 6.10 Å². The molecule has 0 saturated heterocycles. The predicted molar refractivity (Wildman–Crippen MR) is 77.4 cm³/mol. The van der Waals surface area contributed by atoms with Crippen LogP contribution in [0.3, 0.4) is 0 Å². The summed E-state index contributed by atoms with van der Waals surface area (Å²) in [7, 11) is 0. The topological polar surface area (TPSA) is 18.5 Å². The van der Waals surface area contributed by atoms with Crippen LogP contribution in [0.2, 0.25) is 0 Å². The SMILES string of the molecule is [CH2]c1cccc(OCc2ccccc2)c1OC(C)C. The third-order valence-corrected chi connectivity index (χ3v) is 2.65. The van der Waals surface area contributed by atoms with Gasteiger partial charge in [0.1, 0.15) is 6.61 Å². The molecule has 19 heavy (non-hydrogen) atoms. The van der Waals surface area contributed by atoms with Gasteiger partial charge in [0.25, 0.3) is 0 Å². The number of benzene rings is 2. The van der Waals surface area contributed by atoms with E-state index < -0.39 is 0 Å². The number of para-hydroxylation sites is 1. The maximum Gasteiger partial charge on any atom is 0.164 e. The number of hydrogen-bond donors (Lipinski definition) is 0. The van der Waals surface area contributed by atoms with E-state index in [1.54, 1.807) is 0 Å². The van der Waals surface area contributed by atoms with E-state index in [4.69, 9.17) is 9.47 Å². The summed E-state index contributed by atoms with van der Waals surface area (Å²) in [4.78, 5) is 0. The van der Waals surface area contributed by atoms with Gasteiger partial charge in [0.15, 0.2) is 11.5 Å². The lowest BCUT2D eigenvalue weighted by Crippen LogP contribution is -2.08. The molecule has 2 heteroatoms. The summed E-state index contributed by atoms with van der Waals surface area (Å²) in [6.45, 7) is 8.50. The minimum atomic E-state index is 0.0991. The zero-order chi connectivity index (χ0) is 13.7. The standard InChI is InChI=1S/C17H19O2/c1-13(2)19-17-14(3)8-7-11-16(17)18-12-15-9-5-4-6-10-15/h4-11,13H,3,12H2,1-2H3. The lowest BCUT2D eigenvalue weighted by molar-refractivity contribution is 0.217. The average molecular weight is 255 g/mol. The molecule has 0 aliphatic rings. The summed E-state index contributed by atoms with van der Waals surface area (Å²) in [6, 6.07) is 15.8. The Labute approximate surface area is 115 Å². The van der Waals surface area contributed by atoms with Gasteiger partial charge in [0.2, 0.25) is 0 Å². The molecule has 0 heterocycles. The Morgan fingerprint density at radius 3 is 2.42 bits per heavy atom. The van der Waals surface area contributed by atoms with Crippen molar-refractivity contribution in [2.75, 3.05) is 0 Å². The maximum atomic E-state index is 5.84. The number of rotatable bonds is 5. The van der Waals surface area contributed by atoms with Crippen LogP contribution in [0.25, 0.3) is 0 Å². The molecule has 1 radical (unpaired) electrons. The molecular formula is C17H19O2. The second kappa shape index (κ2) is 6.28. The molecule has 0 aliphatic carbocycles. The first-order valence-electron chi connectivity index (χ1n) is 6.45. The molecule has 2 nitrogen and oxygen atoms in total. The summed E-state index contributed by atoms with van der Waals surface area (Å²) < 4.78 is 11.6. The van der Waals surface area contributed by atoms with E-state index in [1.165, 1.54) is 0 Å². The van der Waals surface area contributed by atoms with Crippen molar-refractivity contribution < 1.29 is 9.47 Å². The highest BCUT2D eigenvalue weighted by Gasteiger charge is 2.10. The van der Waals surface area contributed by atoms with Crippen LogP contribution in [-0.4, -0.2) is 6.10 Å². The normalized spacial score (nSPS) is 10.5. The molecule has 0 bridgehead atoms. The molecule has 0 saturated carbocycles. The predicted octanol–water partition coefficient (Wildman–Crippen LogP) is 4.23. The summed E-state index contributed by atoms with van der Waals surface area (Å²) in [5.74, 6) is 1.47. The fourth-order valence-electron chi connectivity index (χ4n) is 1.78. The van der Waals surface area contributed by atoms with E-state index in [0.29, 0.717) is 6.61 Å². The third kappa shape index (κ3) is 3.75. The molecule has 2 rings (SSSR count). The van der Waals surface area contributed by atoms with Crippen LogP contribution < -0.4 is 9.47 Å². The average Bonchev–Trinajstić information content (AvgIpc) is 2.40. The maximum absolute atomic E-state index is 5.84. The minimum absolute atomic E-state index is 0.0991. The van der Waals surface area contributed by atoms with Crippen LogP contribution in [0.1, 0.15) is 25.0 Å². The zero-order valence-electron chi connectivity index (χ0n) is 11.4. The summed E-state index contributed by atoms with van der Waals surface area (Å²) in [5, 5.41) is 0. The first-order valence-corrected chi connectivity index (χ1v) is 6.45. The van der Waals surface area contributed by atoms with Gasteiger partial charge < -0.3 is 9.47 Å². The van der Waals surface area contributed by atoms with Gasteiger partial charge >= 0.3 is 0 Å². The van der Waals surface area contributed by atoms with Crippen molar-refractivity contribution in [3.8, 4) is 11.5 Å². The van der Waals surface area contributed by atoms with Crippen molar-refractivity contribution in [1.82, 2.24) is 0 Å². The summed E-state index contributed by atoms with van der Waals surface area (Å²) in [6.07, 6.45) is 0.0991. The minimum Gasteiger partial charge on any atom is -0.487 e. The zero-order valence-corrected chi connectivity index (χ0v) is 11.4. The van der Waals surface area contributed by atoms with Crippen molar-refractivity contribution in [2.45, 2.75) is 26.6 Å². The molecule has 0 atom stereocenters. The van der Waals surface area contributed by atoms with Crippen LogP contribution in [-0.2, 0) is 6.61 Å². The van der Waals surface area contributed by atoms with Gasteiger partial charge in [-0.1, -0.05) is 42.5 Å². The van der Waals surface area contributed by atoms with Gasteiger partial charge in [-0.25, -0.2) is 0 Å². The Balaban J connectivity index is 2.13. The van der Waals surface area contributed by atoms with Gasteiger partial charge in [-0.05, 0) is 38.0 Å².